The number of carbonyl (C=O) groups excluding carboxylic acids is 1. The van der Waals surface area contributed by atoms with E-state index in [-0.39, 0.29) is 17.1 Å². The minimum absolute atomic E-state index is 0.156. The van der Waals surface area contributed by atoms with Crippen molar-refractivity contribution in [2.45, 2.75) is 17.5 Å². The number of aromatic nitrogens is 3. The second-order valence-electron chi connectivity index (χ2n) is 8.19. The number of oxazole rings is 1. The van der Waals surface area contributed by atoms with E-state index in [4.69, 9.17) is 4.42 Å². The Kier molecular flexibility index (Phi) is 6.12. The molecule has 12 heteroatoms. The summed E-state index contributed by atoms with van der Waals surface area (Å²) in [7, 11) is -3.42. The zero-order chi connectivity index (χ0) is 25.3. The van der Waals surface area contributed by atoms with Gasteiger partial charge in [-0.2, -0.15) is 0 Å². The van der Waals surface area contributed by atoms with Crippen molar-refractivity contribution in [2.75, 3.05) is 28.3 Å². The van der Waals surface area contributed by atoms with Crippen LogP contribution < -0.4 is 15.5 Å². The second kappa shape index (κ2) is 9.40. The van der Waals surface area contributed by atoms with Crippen LogP contribution >= 0.6 is 0 Å². The maximum Gasteiger partial charge on any atom is 0.329 e. The summed E-state index contributed by atoms with van der Waals surface area (Å²) in [4.78, 5) is 27.4. The Labute approximate surface area is 206 Å². The summed E-state index contributed by atoms with van der Waals surface area (Å²) in [6, 6.07) is 10.9. The largest absolute Gasteiger partial charge is 0.443 e. The molecule has 0 fully saturated rings. The number of pyridine rings is 2. The lowest BCUT2D eigenvalue weighted by molar-refractivity contribution is 0.166. The van der Waals surface area contributed by atoms with E-state index in [1.165, 1.54) is 35.8 Å². The highest BCUT2D eigenvalue weighted by Gasteiger charge is 2.30. The minimum Gasteiger partial charge on any atom is -0.443 e. The van der Waals surface area contributed by atoms with Gasteiger partial charge in [0.2, 0.25) is 0 Å². The lowest BCUT2D eigenvalue weighted by Gasteiger charge is -2.26. The quantitative estimate of drug-likeness (QED) is 0.378. The van der Waals surface area contributed by atoms with Crippen molar-refractivity contribution >= 4 is 33.1 Å². The van der Waals surface area contributed by atoms with Crippen molar-refractivity contribution in [3.8, 4) is 22.6 Å². The number of aliphatic hydroxyl groups is 1. The van der Waals surface area contributed by atoms with E-state index in [2.05, 4.69) is 25.6 Å². The van der Waals surface area contributed by atoms with Gasteiger partial charge in [0, 0.05) is 36.5 Å². The normalized spacial score (nSPS) is 15.5. The van der Waals surface area contributed by atoms with Crippen molar-refractivity contribution in [1.82, 2.24) is 15.0 Å². The number of urea groups is 1. The number of hydrogen-bond acceptors (Lipinski definition) is 9. The topological polar surface area (TPSA) is 151 Å². The van der Waals surface area contributed by atoms with Gasteiger partial charge in [0.1, 0.15) is 6.23 Å². The maximum atomic E-state index is 13.4. The Hall–Kier alpha value is -4.29. The minimum atomic E-state index is -3.42. The van der Waals surface area contributed by atoms with Crippen LogP contribution in [0.25, 0.3) is 22.6 Å². The molecule has 2 amide bonds. The molecule has 1 atom stereocenters. The van der Waals surface area contributed by atoms with Crippen LogP contribution in [0.15, 0.2) is 76.8 Å². The maximum absolute atomic E-state index is 13.4. The van der Waals surface area contributed by atoms with Crippen molar-refractivity contribution in [3.63, 3.8) is 0 Å². The summed E-state index contributed by atoms with van der Waals surface area (Å²) < 4.78 is 29.3. The lowest BCUT2D eigenvalue weighted by atomic mass is 10.1. The van der Waals surface area contributed by atoms with E-state index in [0.717, 1.165) is 6.26 Å². The van der Waals surface area contributed by atoms with Crippen molar-refractivity contribution in [1.29, 1.82) is 0 Å². The Morgan fingerprint density at radius 2 is 2.00 bits per heavy atom. The molecular formula is C24H22N6O5S. The summed E-state index contributed by atoms with van der Waals surface area (Å²) in [6.45, 7) is 0.422. The standard InChI is InChI=1S/C24H22N6O5S/c1-36(33,34)18-4-2-3-15(10-18)19-5-6-20-23(29-19)30(22(31)7-8-27-20)24(32)28-17-9-16(11-25-12-17)21-13-26-14-35-21/h2-6,9-14,22,27,31H,7-8H2,1H3,(H,28,32)/t22-/m1/s1. The molecule has 11 nitrogen and oxygen atoms in total. The number of sulfone groups is 1. The zero-order valence-electron chi connectivity index (χ0n) is 19.1. The molecule has 5 rings (SSSR count). The molecule has 184 valence electrons. The van der Waals surface area contributed by atoms with Crippen LogP contribution in [0.2, 0.25) is 0 Å². The fraction of sp³-hybridized carbons (Fsp3) is 0.167. The number of carbonyl (C=O) groups is 1. The molecule has 0 radical (unpaired) electrons. The second-order valence-corrected chi connectivity index (χ2v) is 10.2. The van der Waals surface area contributed by atoms with E-state index in [0.29, 0.717) is 40.5 Å². The number of hydrogen-bond donors (Lipinski definition) is 3. The van der Waals surface area contributed by atoms with Crippen LogP contribution in [0.3, 0.4) is 0 Å². The summed E-state index contributed by atoms with van der Waals surface area (Å²) in [5.41, 5.74) is 2.57. The van der Waals surface area contributed by atoms with Gasteiger partial charge >= 0.3 is 6.03 Å². The number of nitrogens with one attached hydrogen (secondary N) is 2. The molecule has 3 N–H and O–H groups in total. The van der Waals surface area contributed by atoms with Crippen LogP contribution in [0, 0.1) is 0 Å². The number of nitrogens with zero attached hydrogens (tertiary/aromatic N) is 4. The van der Waals surface area contributed by atoms with Gasteiger partial charge in [-0.15, -0.1) is 0 Å². The molecule has 0 saturated heterocycles. The first-order valence-electron chi connectivity index (χ1n) is 11.0. The molecule has 4 heterocycles. The summed E-state index contributed by atoms with van der Waals surface area (Å²) in [5.74, 6) is 0.699. The molecule has 36 heavy (non-hydrogen) atoms. The Morgan fingerprint density at radius 3 is 2.78 bits per heavy atom. The molecule has 0 saturated carbocycles. The van der Waals surface area contributed by atoms with Crippen LogP contribution in [0.1, 0.15) is 6.42 Å². The SMILES string of the molecule is CS(=O)(=O)c1cccc(-c2ccc3c(n2)N(C(=O)Nc2cncc(-c4cnco4)c2)[C@H](O)CCN3)c1. The number of aliphatic hydroxyl groups excluding tert-OH is 1. The first kappa shape index (κ1) is 23.5. The molecule has 3 aromatic heterocycles. The van der Waals surface area contributed by atoms with Gasteiger partial charge in [-0.1, -0.05) is 12.1 Å². The average Bonchev–Trinajstić information content (AvgIpc) is 3.34. The average molecular weight is 507 g/mol. The summed E-state index contributed by atoms with van der Waals surface area (Å²) in [6.07, 6.45) is 6.12. The highest BCUT2D eigenvalue weighted by Crippen LogP contribution is 2.33. The van der Waals surface area contributed by atoms with Gasteiger partial charge in [0.05, 0.1) is 34.4 Å². The van der Waals surface area contributed by atoms with Crippen LogP contribution in [-0.2, 0) is 9.84 Å². The van der Waals surface area contributed by atoms with Gasteiger partial charge in [-0.3, -0.25) is 4.98 Å². The monoisotopic (exact) mass is 506 g/mol. The third kappa shape index (κ3) is 4.76. The van der Waals surface area contributed by atoms with E-state index in [1.54, 1.807) is 36.5 Å². The molecule has 0 aliphatic carbocycles. The number of benzene rings is 1. The van der Waals surface area contributed by atoms with E-state index >= 15 is 0 Å². The summed E-state index contributed by atoms with van der Waals surface area (Å²) in [5, 5.41) is 16.8. The zero-order valence-corrected chi connectivity index (χ0v) is 19.9. The molecule has 0 spiro atoms. The Balaban J connectivity index is 1.49. The molecule has 0 unspecified atom stereocenters. The van der Waals surface area contributed by atoms with E-state index < -0.39 is 22.1 Å². The summed E-state index contributed by atoms with van der Waals surface area (Å²) >= 11 is 0. The number of anilines is 3. The fourth-order valence-electron chi connectivity index (χ4n) is 3.84. The first-order valence-corrected chi connectivity index (χ1v) is 12.9. The van der Waals surface area contributed by atoms with Crippen LogP contribution in [0.4, 0.5) is 22.0 Å². The van der Waals surface area contributed by atoms with Gasteiger partial charge in [0.25, 0.3) is 0 Å². The number of rotatable bonds is 4. The first-order chi connectivity index (χ1) is 17.3. The molecule has 1 aliphatic heterocycles. The van der Waals surface area contributed by atoms with Crippen molar-refractivity contribution in [3.05, 3.63) is 67.4 Å². The smallest absolute Gasteiger partial charge is 0.329 e. The molecule has 1 aliphatic rings. The highest BCUT2D eigenvalue weighted by molar-refractivity contribution is 7.90. The molecule has 4 aromatic rings. The number of amides is 2. The number of fused-ring (bicyclic) bond motifs is 1. The highest BCUT2D eigenvalue weighted by atomic mass is 32.2. The fourth-order valence-corrected chi connectivity index (χ4v) is 4.51. The van der Waals surface area contributed by atoms with Gasteiger partial charge < -0.3 is 20.2 Å². The van der Waals surface area contributed by atoms with Gasteiger partial charge in [-0.05, 0) is 30.3 Å². The van der Waals surface area contributed by atoms with Crippen LogP contribution in [0.5, 0.6) is 0 Å². The van der Waals surface area contributed by atoms with Crippen molar-refractivity contribution in [2.24, 2.45) is 0 Å². The lowest BCUT2D eigenvalue weighted by Crippen LogP contribution is -2.43. The Bertz CT molecular complexity index is 1520. The van der Waals surface area contributed by atoms with Crippen LogP contribution in [-0.4, -0.2) is 53.5 Å². The third-order valence-electron chi connectivity index (χ3n) is 5.60. The van der Waals surface area contributed by atoms with Gasteiger partial charge in [0.15, 0.2) is 27.8 Å². The van der Waals surface area contributed by atoms with Gasteiger partial charge in [-0.25, -0.2) is 28.1 Å². The van der Waals surface area contributed by atoms with E-state index in [1.807, 2.05) is 0 Å². The molecular weight excluding hydrogens is 484 g/mol. The third-order valence-corrected chi connectivity index (χ3v) is 6.71. The molecule has 1 aromatic carbocycles. The van der Waals surface area contributed by atoms with Crippen molar-refractivity contribution < 1.29 is 22.7 Å². The molecule has 0 bridgehead atoms. The van der Waals surface area contributed by atoms with E-state index in [9.17, 15) is 18.3 Å². The predicted molar refractivity (Wildman–Crippen MR) is 133 cm³/mol. The predicted octanol–water partition coefficient (Wildman–Crippen LogP) is 3.37. The Morgan fingerprint density at radius 1 is 1.14 bits per heavy atom.